The number of carbonyl (C=O) groups is 1. The minimum absolute atomic E-state index is 0.0289. The molecule has 4 rings (SSSR count). The van der Waals surface area contributed by atoms with Gasteiger partial charge in [-0.05, 0) is 36.6 Å². The van der Waals surface area contributed by atoms with Gasteiger partial charge >= 0.3 is 0 Å². The molecule has 1 amide bonds. The lowest BCUT2D eigenvalue weighted by Gasteiger charge is -2.26. The molecule has 0 bridgehead atoms. The highest BCUT2D eigenvalue weighted by Gasteiger charge is 2.29. The Morgan fingerprint density at radius 1 is 1.28 bits per heavy atom. The lowest BCUT2D eigenvalue weighted by Crippen LogP contribution is -2.29. The number of nitrogens with zero attached hydrogens (tertiary/aromatic N) is 3. The predicted molar refractivity (Wildman–Crippen MR) is 93.4 cm³/mol. The van der Waals surface area contributed by atoms with Crippen molar-refractivity contribution in [2.75, 3.05) is 19.8 Å². The largest absolute Gasteiger partial charge is 0.486 e. The van der Waals surface area contributed by atoms with Gasteiger partial charge in [0.1, 0.15) is 13.2 Å². The van der Waals surface area contributed by atoms with Crippen LogP contribution >= 0.6 is 0 Å². The lowest BCUT2D eigenvalue weighted by molar-refractivity contribution is -0.126. The molecule has 25 heavy (non-hydrogen) atoms. The summed E-state index contributed by atoms with van der Waals surface area (Å²) < 4.78 is 13.0. The zero-order valence-electron chi connectivity index (χ0n) is 14.2. The summed E-state index contributed by atoms with van der Waals surface area (Å²) in [5.74, 6) is 1.58. The molecule has 1 atom stereocenters. The fourth-order valence-electron chi connectivity index (χ4n) is 3.43. The Hall–Kier alpha value is -2.76. The highest BCUT2D eigenvalue weighted by molar-refractivity contribution is 5.92. The number of hydrogen-bond acceptors (Lipinski definition) is 4. The van der Waals surface area contributed by atoms with Gasteiger partial charge in [-0.1, -0.05) is 6.07 Å². The van der Waals surface area contributed by atoms with Crippen LogP contribution in [0.15, 0.2) is 36.7 Å². The van der Waals surface area contributed by atoms with Gasteiger partial charge in [0.2, 0.25) is 5.91 Å². The molecule has 1 fully saturated rings. The molecule has 2 aliphatic rings. The van der Waals surface area contributed by atoms with E-state index in [9.17, 15) is 4.79 Å². The second-order valence-corrected chi connectivity index (χ2v) is 6.37. The molecule has 1 unspecified atom stereocenters. The second-order valence-electron chi connectivity index (χ2n) is 6.37. The van der Waals surface area contributed by atoms with Crippen molar-refractivity contribution in [1.82, 2.24) is 14.7 Å². The Labute approximate surface area is 146 Å². The van der Waals surface area contributed by atoms with Crippen molar-refractivity contribution in [3.63, 3.8) is 0 Å². The SMILES string of the molecule is Cn1cc(C=CC(=O)N2CCCC2c2ccc3c(c2)OCCO3)cn1. The Morgan fingerprint density at radius 2 is 2.12 bits per heavy atom. The van der Waals surface area contributed by atoms with Crippen molar-refractivity contribution >= 4 is 12.0 Å². The summed E-state index contributed by atoms with van der Waals surface area (Å²) in [6.45, 7) is 1.92. The number of rotatable bonds is 3. The summed E-state index contributed by atoms with van der Waals surface area (Å²) in [4.78, 5) is 14.6. The molecule has 0 spiro atoms. The van der Waals surface area contributed by atoms with Crippen LogP contribution in [0, 0.1) is 0 Å². The maximum Gasteiger partial charge on any atom is 0.247 e. The first-order valence-electron chi connectivity index (χ1n) is 8.57. The highest BCUT2D eigenvalue weighted by Crippen LogP contribution is 2.38. The van der Waals surface area contributed by atoms with Crippen LogP contribution < -0.4 is 9.47 Å². The third kappa shape index (κ3) is 3.24. The number of fused-ring (bicyclic) bond motifs is 1. The van der Waals surface area contributed by atoms with Crippen LogP contribution in [0.2, 0.25) is 0 Å². The van der Waals surface area contributed by atoms with E-state index in [-0.39, 0.29) is 11.9 Å². The van der Waals surface area contributed by atoms with Gasteiger partial charge in [0, 0.05) is 31.4 Å². The van der Waals surface area contributed by atoms with Crippen molar-refractivity contribution in [2.45, 2.75) is 18.9 Å². The van der Waals surface area contributed by atoms with Gasteiger partial charge in [-0.25, -0.2) is 0 Å². The molecule has 130 valence electrons. The fraction of sp³-hybridized carbons (Fsp3) is 0.368. The number of hydrogen-bond donors (Lipinski definition) is 0. The summed E-state index contributed by atoms with van der Waals surface area (Å²) in [6.07, 6.45) is 9.04. The number of benzene rings is 1. The van der Waals surface area contributed by atoms with Crippen molar-refractivity contribution < 1.29 is 14.3 Å². The van der Waals surface area contributed by atoms with E-state index in [0.29, 0.717) is 13.2 Å². The molecule has 0 saturated carbocycles. The van der Waals surface area contributed by atoms with Crippen molar-refractivity contribution in [1.29, 1.82) is 0 Å². The van der Waals surface area contributed by atoms with Gasteiger partial charge in [0.25, 0.3) is 0 Å². The van der Waals surface area contributed by atoms with Crippen LogP contribution in [0.4, 0.5) is 0 Å². The van der Waals surface area contributed by atoms with Gasteiger partial charge in [0.15, 0.2) is 11.5 Å². The molecule has 1 saturated heterocycles. The first-order valence-corrected chi connectivity index (χ1v) is 8.57. The third-order valence-electron chi connectivity index (χ3n) is 4.63. The highest BCUT2D eigenvalue weighted by atomic mass is 16.6. The van der Waals surface area contributed by atoms with E-state index in [1.165, 1.54) is 0 Å². The molecule has 2 aromatic rings. The fourth-order valence-corrected chi connectivity index (χ4v) is 3.43. The smallest absolute Gasteiger partial charge is 0.247 e. The minimum Gasteiger partial charge on any atom is -0.486 e. The summed E-state index contributed by atoms with van der Waals surface area (Å²) in [7, 11) is 1.86. The van der Waals surface area contributed by atoms with E-state index in [0.717, 1.165) is 42.0 Å². The van der Waals surface area contributed by atoms with E-state index < -0.39 is 0 Å². The topological polar surface area (TPSA) is 56.6 Å². The van der Waals surface area contributed by atoms with Crippen LogP contribution in [0.1, 0.15) is 30.0 Å². The summed E-state index contributed by atoms with van der Waals surface area (Å²) >= 11 is 0. The normalized spacial score (nSPS) is 19.6. The van der Waals surface area contributed by atoms with Crippen LogP contribution in [-0.2, 0) is 11.8 Å². The number of ether oxygens (including phenoxy) is 2. The van der Waals surface area contributed by atoms with Crippen LogP contribution in [0.5, 0.6) is 11.5 Å². The molecule has 0 aliphatic carbocycles. The lowest BCUT2D eigenvalue weighted by atomic mass is 10.0. The van der Waals surface area contributed by atoms with Crippen LogP contribution in [0.3, 0.4) is 0 Å². The molecule has 0 radical (unpaired) electrons. The van der Waals surface area contributed by atoms with E-state index in [2.05, 4.69) is 5.10 Å². The van der Waals surface area contributed by atoms with E-state index in [1.54, 1.807) is 17.0 Å². The Morgan fingerprint density at radius 3 is 2.92 bits per heavy atom. The number of aromatic nitrogens is 2. The predicted octanol–water partition coefficient (Wildman–Crippen LogP) is 2.57. The molecular weight excluding hydrogens is 318 g/mol. The summed E-state index contributed by atoms with van der Waals surface area (Å²) in [5.41, 5.74) is 2.02. The van der Waals surface area contributed by atoms with Gasteiger partial charge in [0.05, 0.1) is 12.2 Å². The number of aryl methyl sites for hydroxylation is 1. The Bertz CT molecular complexity index is 812. The average Bonchev–Trinajstić information content (AvgIpc) is 3.28. The van der Waals surface area contributed by atoms with E-state index in [4.69, 9.17) is 9.47 Å². The average molecular weight is 339 g/mol. The Kier molecular flexibility index (Phi) is 4.17. The second kappa shape index (κ2) is 6.63. The van der Waals surface area contributed by atoms with Crippen molar-refractivity contribution in [2.24, 2.45) is 7.05 Å². The van der Waals surface area contributed by atoms with Gasteiger partial charge in [-0.15, -0.1) is 0 Å². The number of carbonyl (C=O) groups excluding carboxylic acids is 1. The molecule has 1 aromatic heterocycles. The van der Waals surface area contributed by atoms with Gasteiger partial charge < -0.3 is 14.4 Å². The Balaban J connectivity index is 1.52. The maximum atomic E-state index is 12.7. The van der Waals surface area contributed by atoms with Crippen LogP contribution in [-0.4, -0.2) is 40.3 Å². The van der Waals surface area contributed by atoms with Crippen molar-refractivity contribution in [3.05, 3.63) is 47.8 Å². The molecule has 6 nitrogen and oxygen atoms in total. The first-order chi connectivity index (χ1) is 12.2. The summed E-state index contributed by atoms with van der Waals surface area (Å²) in [5, 5.41) is 4.11. The first kappa shape index (κ1) is 15.7. The molecule has 6 heteroatoms. The number of amides is 1. The van der Waals surface area contributed by atoms with E-state index in [1.807, 2.05) is 42.4 Å². The maximum absolute atomic E-state index is 12.7. The minimum atomic E-state index is 0.0289. The van der Waals surface area contributed by atoms with Gasteiger partial charge in [-0.3, -0.25) is 9.48 Å². The molecule has 1 aromatic carbocycles. The standard InChI is InChI=1S/C19H21N3O3/c1-21-13-14(12-20-21)4-7-19(23)22-8-2-3-16(22)15-5-6-17-18(11-15)25-10-9-24-17/h4-7,11-13,16H,2-3,8-10H2,1H3. The quantitative estimate of drug-likeness (QED) is 0.807. The van der Waals surface area contributed by atoms with Gasteiger partial charge in [-0.2, -0.15) is 5.10 Å². The zero-order chi connectivity index (χ0) is 17.2. The molecule has 3 heterocycles. The summed E-state index contributed by atoms with van der Waals surface area (Å²) in [6, 6.07) is 6.07. The zero-order valence-corrected chi connectivity index (χ0v) is 14.2. The molecule has 2 aliphatic heterocycles. The van der Waals surface area contributed by atoms with Crippen LogP contribution in [0.25, 0.3) is 6.08 Å². The van der Waals surface area contributed by atoms with Crippen molar-refractivity contribution in [3.8, 4) is 11.5 Å². The molecular formula is C19H21N3O3. The number of likely N-dealkylation sites (tertiary alicyclic amines) is 1. The third-order valence-corrected chi connectivity index (χ3v) is 4.63. The van der Waals surface area contributed by atoms with E-state index >= 15 is 0 Å². The monoisotopic (exact) mass is 339 g/mol. The molecule has 0 N–H and O–H groups in total.